The van der Waals surface area contributed by atoms with Gasteiger partial charge in [0.05, 0.1) is 12.8 Å². The molecule has 4 aromatic carbocycles. The molecule has 4 heteroatoms. The topological polar surface area (TPSA) is 40.5 Å². The van der Waals surface area contributed by atoms with E-state index in [9.17, 15) is 4.79 Å². The van der Waals surface area contributed by atoms with E-state index in [-0.39, 0.29) is 6.61 Å². The van der Waals surface area contributed by atoms with Crippen molar-refractivity contribution in [3.63, 3.8) is 0 Å². The predicted octanol–water partition coefficient (Wildman–Crippen LogP) is 6.88. The monoisotopic (exact) mass is 461 g/mol. The molecule has 0 amide bonds. The molecular weight excluding hydrogens is 434 g/mol. The Morgan fingerprint density at radius 1 is 0.771 bits per heavy atom. The Morgan fingerprint density at radius 3 is 2.11 bits per heavy atom. The van der Waals surface area contributed by atoms with Crippen LogP contribution in [0.2, 0.25) is 0 Å². The molecule has 0 spiro atoms. The van der Waals surface area contributed by atoms with Crippen molar-refractivity contribution >= 4 is 16.9 Å². The quantitative estimate of drug-likeness (QED) is 0.248. The number of aromatic nitrogens is 1. The SMILES string of the molecule is COC(=O)COc1ccc(-c2ccc3c(C)c(-c4ccccc4)n(Cc4ccccc4)c3c2)cc1. The molecular formula is C31H27NO3. The van der Waals surface area contributed by atoms with Gasteiger partial charge < -0.3 is 14.0 Å². The van der Waals surface area contributed by atoms with Crippen LogP contribution in [0.25, 0.3) is 33.3 Å². The zero-order chi connectivity index (χ0) is 24.2. The molecule has 1 aromatic heterocycles. The molecule has 5 aromatic rings. The maximum atomic E-state index is 11.3. The van der Waals surface area contributed by atoms with Crippen LogP contribution in [-0.2, 0) is 16.1 Å². The van der Waals surface area contributed by atoms with Gasteiger partial charge in [0.2, 0.25) is 0 Å². The number of nitrogens with zero attached hydrogens (tertiary/aromatic N) is 1. The molecule has 0 saturated heterocycles. The number of hydrogen-bond acceptors (Lipinski definition) is 3. The first kappa shape index (κ1) is 22.5. The lowest BCUT2D eigenvalue weighted by atomic mass is 10.0. The van der Waals surface area contributed by atoms with Crippen molar-refractivity contribution in [2.24, 2.45) is 0 Å². The summed E-state index contributed by atoms with van der Waals surface area (Å²) in [6.45, 7) is 2.90. The first-order valence-electron chi connectivity index (χ1n) is 11.7. The molecule has 0 unspecified atom stereocenters. The third-order valence-electron chi connectivity index (χ3n) is 6.32. The Hall–Kier alpha value is -4.31. The van der Waals surface area contributed by atoms with E-state index in [1.807, 2.05) is 24.3 Å². The average Bonchev–Trinajstić information content (AvgIpc) is 3.19. The molecule has 0 bridgehead atoms. The second kappa shape index (κ2) is 9.90. The number of fused-ring (bicyclic) bond motifs is 1. The van der Waals surface area contributed by atoms with Crippen LogP contribution in [0.15, 0.2) is 103 Å². The Bertz CT molecular complexity index is 1450. The van der Waals surface area contributed by atoms with Crippen LogP contribution in [0, 0.1) is 6.92 Å². The van der Waals surface area contributed by atoms with E-state index in [0.717, 1.165) is 17.7 Å². The van der Waals surface area contributed by atoms with E-state index in [1.165, 1.54) is 40.4 Å². The van der Waals surface area contributed by atoms with Crippen molar-refractivity contribution in [1.82, 2.24) is 4.57 Å². The van der Waals surface area contributed by atoms with Crippen LogP contribution in [0.4, 0.5) is 0 Å². The van der Waals surface area contributed by atoms with Gasteiger partial charge in [-0.1, -0.05) is 84.9 Å². The van der Waals surface area contributed by atoms with E-state index in [1.54, 1.807) is 0 Å². The van der Waals surface area contributed by atoms with E-state index in [4.69, 9.17) is 4.74 Å². The summed E-state index contributed by atoms with van der Waals surface area (Å²) in [5, 5.41) is 1.25. The number of hydrogen-bond donors (Lipinski definition) is 0. The third kappa shape index (κ3) is 4.69. The normalized spacial score (nSPS) is 10.9. The summed E-state index contributed by atoms with van der Waals surface area (Å²) in [5.41, 5.74) is 8.42. The van der Waals surface area contributed by atoms with Crippen molar-refractivity contribution in [1.29, 1.82) is 0 Å². The second-order valence-corrected chi connectivity index (χ2v) is 8.53. The average molecular weight is 462 g/mol. The predicted molar refractivity (Wildman–Crippen MR) is 141 cm³/mol. The van der Waals surface area contributed by atoms with Crippen LogP contribution in [0.5, 0.6) is 5.75 Å². The van der Waals surface area contributed by atoms with Crippen molar-refractivity contribution < 1.29 is 14.3 Å². The molecule has 1 heterocycles. The first-order valence-corrected chi connectivity index (χ1v) is 11.7. The number of carbonyl (C=O) groups is 1. The van der Waals surface area contributed by atoms with Gasteiger partial charge in [0.25, 0.3) is 0 Å². The summed E-state index contributed by atoms with van der Waals surface area (Å²) in [6, 6.07) is 35.6. The van der Waals surface area contributed by atoms with Crippen molar-refractivity contribution in [3.05, 3.63) is 114 Å². The number of aryl methyl sites for hydroxylation is 1. The van der Waals surface area contributed by atoms with Gasteiger partial charge in [-0.25, -0.2) is 4.79 Å². The van der Waals surface area contributed by atoms with Gasteiger partial charge in [-0.2, -0.15) is 0 Å². The Balaban J connectivity index is 1.57. The summed E-state index contributed by atoms with van der Waals surface area (Å²) in [7, 11) is 1.35. The number of methoxy groups -OCH3 is 1. The summed E-state index contributed by atoms with van der Waals surface area (Å²) in [5.74, 6) is 0.234. The summed E-state index contributed by atoms with van der Waals surface area (Å²) < 4.78 is 12.6. The van der Waals surface area contributed by atoms with Gasteiger partial charge in [-0.3, -0.25) is 0 Å². The highest BCUT2D eigenvalue weighted by molar-refractivity contribution is 5.94. The van der Waals surface area contributed by atoms with Gasteiger partial charge in [0.1, 0.15) is 5.75 Å². The number of rotatable bonds is 7. The zero-order valence-electron chi connectivity index (χ0n) is 19.9. The van der Waals surface area contributed by atoms with Crippen LogP contribution in [-0.4, -0.2) is 24.3 Å². The van der Waals surface area contributed by atoms with E-state index in [0.29, 0.717) is 5.75 Å². The van der Waals surface area contributed by atoms with Crippen molar-refractivity contribution in [2.75, 3.05) is 13.7 Å². The molecule has 0 saturated carbocycles. The third-order valence-corrected chi connectivity index (χ3v) is 6.32. The smallest absolute Gasteiger partial charge is 0.343 e. The van der Waals surface area contributed by atoms with Gasteiger partial charge in [0.15, 0.2) is 6.61 Å². The zero-order valence-corrected chi connectivity index (χ0v) is 19.9. The minimum Gasteiger partial charge on any atom is -0.482 e. The molecule has 174 valence electrons. The highest BCUT2D eigenvalue weighted by Crippen LogP contribution is 2.36. The molecule has 0 aliphatic rings. The maximum absolute atomic E-state index is 11.3. The highest BCUT2D eigenvalue weighted by atomic mass is 16.6. The maximum Gasteiger partial charge on any atom is 0.343 e. The lowest BCUT2D eigenvalue weighted by Crippen LogP contribution is -2.12. The van der Waals surface area contributed by atoms with Gasteiger partial charge in [-0.15, -0.1) is 0 Å². The second-order valence-electron chi connectivity index (χ2n) is 8.53. The summed E-state index contributed by atoms with van der Waals surface area (Å²) in [4.78, 5) is 11.3. The standard InChI is InChI=1S/C31H27NO3/c1-22-28-18-15-26(24-13-16-27(17-14-24)35-21-30(33)34-2)19-29(28)32(20-23-9-5-3-6-10-23)31(22)25-11-7-4-8-12-25/h3-19H,20-21H2,1-2H3. The summed E-state index contributed by atoms with van der Waals surface area (Å²) >= 11 is 0. The lowest BCUT2D eigenvalue weighted by molar-refractivity contribution is -0.142. The Labute approximate surface area is 205 Å². The van der Waals surface area contributed by atoms with Crippen molar-refractivity contribution in [2.45, 2.75) is 13.5 Å². The summed E-state index contributed by atoms with van der Waals surface area (Å²) in [6.07, 6.45) is 0. The molecule has 0 radical (unpaired) electrons. The number of ether oxygens (including phenoxy) is 2. The van der Waals surface area contributed by atoms with Crippen LogP contribution >= 0.6 is 0 Å². The van der Waals surface area contributed by atoms with Crippen molar-refractivity contribution in [3.8, 4) is 28.1 Å². The molecule has 4 nitrogen and oxygen atoms in total. The fraction of sp³-hybridized carbons (Fsp3) is 0.129. The van der Waals surface area contributed by atoms with Crippen LogP contribution < -0.4 is 4.74 Å². The Kier molecular flexibility index (Phi) is 6.36. The van der Waals surface area contributed by atoms with E-state index < -0.39 is 5.97 Å². The molecule has 0 aliphatic carbocycles. The van der Waals surface area contributed by atoms with Crippen LogP contribution in [0.1, 0.15) is 11.1 Å². The van der Waals surface area contributed by atoms with E-state index in [2.05, 4.69) is 95.1 Å². The van der Waals surface area contributed by atoms with Gasteiger partial charge >= 0.3 is 5.97 Å². The van der Waals surface area contributed by atoms with Gasteiger partial charge in [0, 0.05) is 17.4 Å². The minimum absolute atomic E-state index is 0.101. The number of carbonyl (C=O) groups excluding carboxylic acids is 1. The molecule has 0 fully saturated rings. The minimum atomic E-state index is -0.400. The van der Waals surface area contributed by atoms with E-state index >= 15 is 0 Å². The highest BCUT2D eigenvalue weighted by Gasteiger charge is 2.17. The molecule has 0 aliphatic heterocycles. The fourth-order valence-electron chi connectivity index (χ4n) is 4.55. The molecule has 0 N–H and O–H groups in total. The lowest BCUT2D eigenvalue weighted by Gasteiger charge is -2.13. The largest absolute Gasteiger partial charge is 0.482 e. The first-order chi connectivity index (χ1) is 17.1. The number of esters is 1. The molecule has 5 rings (SSSR count). The fourth-order valence-corrected chi connectivity index (χ4v) is 4.55. The van der Waals surface area contributed by atoms with Gasteiger partial charge in [-0.05, 0) is 52.9 Å². The Morgan fingerprint density at radius 2 is 1.43 bits per heavy atom. The van der Waals surface area contributed by atoms with Crippen LogP contribution in [0.3, 0.4) is 0 Å². The molecule has 0 atom stereocenters. The number of benzene rings is 4. The molecule has 35 heavy (non-hydrogen) atoms.